The molecule has 144 valence electrons. The number of methoxy groups -OCH3 is 1. The summed E-state index contributed by atoms with van der Waals surface area (Å²) in [5.41, 5.74) is 1.39. The van der Waals surface area contributed by atoms with Gasteiger partial charge >= 0.3 is 5.97 Å². The summed E-state index contributed by atoms with van der Waals surface area (Å²) < 4.78 is 35.8. The molecule has 8 nitrogen and oxygen atoms in total. The fraction of sp³-hybridized carbons (Fsp3) is 0.222. The van der Waals surface area contributed by atoms with E-state index in [1.807, 2.05) is 6.07 Å². The molecule has 1 amide bonds. The zero-order valence-corrected chi connectivity index (χ0v) is 15.3. The van der Waals surface area contributed by atoms with Crippen LogP contribution in [0.1, 0.15) is 16.8 Å². The Morgan fingerprint density at radius 3 is 2.33 bits per heavy atom. The quantitative estimate of drug-likeness (QED) is 0.583. The van der Waals surface area contributed by atoms with Crippen molar-refractivity contribution in [3.8, 4) is 16.9 Å². The van der Waals surface area contributed by atoms with Crippen LogP contribution in [0, 0.1) is 0 Å². The van der Waals surface area contributed by atoms with Crippen LogP contribution in [0.4, 0.5) is 0 Å². The van der Waals surface area contributed by atoms with E-state index in [9.17, 15) is 23.1 Å². The van der Waals surface area contributed by atoms with Crippen LogP contribution in [0.5, 0.6) is 5.75 Å². The standard InChI is InChI=1S/C18H19NO7S/c1-26-15-9-5-8-13(12-6-3-2-4-7-12)16(15)17(20)19-14(18(21)22)10-11-27(23,24)25/h2-9,14H,10-11H2,1H3,(H,19,20)(H,21,22)(H,23,24,25)/t14-/m0/s1. The number of ether oxygens (including phenoxy) is 1. The first-order chi connectivity index (χ1) is 12.7. The zero-order chi connectivity index (χ0) is 20.0. The lowest BCUT2D eigenvalue weighted by atomic mass is 9.98. The maximum Gasteiger partial charge on any atom is 0.326 e. The van der Waals surface area contributed by atoms with Crippen molar-refractivity contribution in [2.24, 2.45) is 0 Å². The van der Waals surface area contributed by atoms with Gasteiger partial charge in [0.2, 0.25) is 0 Å². The van der Waals surface area contributed by atoms with E-state index in [0.717, 1.165) is 5.56 Å². The van der Waals surface area contributed by atoms with Gasteiger partial charge in [-0.15, -0.1) is 0 Å². The van der Waals surface area contributed by atoms with Crippen LogP contribution in [0.15, 0.2) is 48.5 Å². The Balaban J connectivity index is 2.38. The van der Waals surface area contributed by atoms with Gasteiger partial charge in [0, 0.05) is 0 Å². The summed E-state index contributed by atoms with van der Waals surface area (Å²) in [7, 11) is -2.97. The minimum Gasteiger partial charge on any atom is -0.496 e. The maximum atomic E-state index is 12.8. The highest BCUT2D eigenvalue weighted by molar-refractivity contribution is 7.85. The predicted octanol–water partition coefficient (Wildman–Crippen LogP) is 1.82. The van der Waals surface area contributed by atoms with Gasteiger partial charge < -0.3 is 15.2 Å². The number of benzene rings is 2. The van der Waals surface area contributed by atoms with Gasteiger partial charge in [-0.25, -0.2) is 4.79 Å². The Kier molecular flexibility index (Phi) is 6.54. The number of carboxylic acids is 1. The van der Waals surface area contributed by atoms with Gasteiger partial charge in [-0.1, -0.05) is 42.5 Å². The van der Waals surface area contributed by atoms with E-state index in [0.29, 0.717) is 5.56 Å². The maximum absolute atomic E-state index is 12.8. The number of hydrogen-bond donors (Lipinski definition) is 3. The van der Waals surface area contributed by atoms with E-state index >= 15 is 0 Å². The number of carbonyl (C=O) groups is 2. The van der Waals surface area contributed by atoms with Gasteiger partial charge in [-0.2, -0.15) is 8.42 Å². The second kappa shape index (κ2) is 8.65. The SMILES string of the molecule is COc1cccc(-c2ccccc2)c1C(=O)N[C@@H](CCS(=O)(=O)O)C(=O)O. The molecule has 0 saturated carbocycles. The summed E-state index contributed by atoms with van der Waals surface area (Å²) in [4.78, 5) is 24.2. The Hall–Kier alpha value is -2.91. The highest BCUT2D eigenvalue weighted by Crippen LogP contribution is 2.30. The third-order valence-electron chi connectivity index (χ3n) is 3.83. The van der Waals surface area contributed by atoms with E-state index in [4.69, 9.17) is 9.29 Å². The summed E-state index contributed by atoms with van der Waals surface area (Å²) in [6, 6.07) is 12.5. The van der Waals surface area contributed by atoms with Crippen LogP contribution in [0.3, 0.4) is 0 Å². The Morgan fingerprint density at radius 1 is 1.11 bits per heavy atom. The summed E-state index contributed by atoms with van der Waals surface area (Å²) in [6.45, 7) is 0. The molecule has 0 radical (unpaired) electrons. The van der Waals surface area contributed by atoms with Crippen molar-refractivity contribution in [2.45, 2.75) is 12.5 Å². The summed E-state index contributed by atoms with van der Waals surface area (Å²) in [5, 5.41) is 11.6. The topological polar surface area (TPSA) is 130 Å². The fourth-order valence-corrected chi connectivity index (χ4v) is 3.08. The molecule has 2 aromatic rings. The fourth-order valence-electron chi connectivity index (χ4n) is 2.55. The molecule has 0 bridgehead atoms. The third kappa shape index (κ3) is 5.53. The molecule has 27 heavy (non-hydrogen) atoms. The Bertz CT molecular complexity index is 926. The molecule has 3 N–H and O–H groups in total. The molecule has 0 saturated heterocycles. The average molecular weight is 393 g/mol. The van der Waals surface area contributed by atoms with E-state index in [-0.39, 0.29) is 11.3 Å². The van der Waals surface area contributed by atoms with Gasteiger partial charge in [-0.3, -0.25) is 9.35 Å². The van der Waals surface area contributed by atoms with Crippen molar-refractivity contribution in [1.82, 2.24) is 5.32 Å². The van der Waals surface area contributed by atoms with Crippen LogP contribution in [-0.4, -0.2) is 48.9 Å². The minimum absolute atomic E-state index is 0.129. The average Bonchev–Trinajstić information content (AvgIpc) is 2.63. The van der Waals surface area contributed by atoms with Crippen molar-refractivity contribution in [1.29, 1.82) is 0 Å². The van der Waals surface area contributed by atoms with Crippen molar-refractivity contribution in [3.63, 3.8) is 0 Å². The van der Waals surface area contributed by atoms with Gasteiger partial charge in [0.25, 0.3) is 16.0 Å². The van der Waals surface area contributed by atoms with Crippen molar-refractivity contribution >= 4 is 22.0 Å². The monoisotopic (exact) mass is 393 g/mol. The molecular weight excluding hydrogens is 374 g/mol. The summed E-state index contributed by atoms with van der Waals surface area (Å²) in [6.07, 6.45) is -0.476. The van der Waals surface area contributed by atoms with Crippen molar-refractivity contribution in [2.75, 3.05) is 12.9 Å². The lowest BCUT2D eigenvalue weighted by Crippen LogP contribution is -2.42. The second-order valence-electron chi connectivity index (χ2n) is 5.69. The van der Waals surface area contributed by atoms with Crippen molar-refractivity contribution < 1.29 is 32.4 Å². The normalized spacial score (nSPS) is 12.2. The first kappa shape index (κ1) is 20.4. The van der Waals surface area contributed by atoms with Crippen LogP contribution >= 0.6 is 0 Å². The molecule has 0 unspecified atom stereocenters. The molecule has 0 aromatic heterocycles. The number of carboxylic acid groups (broad SMARTS) is 1. The van der Waals surface area contributed by atoms with Crippen LogP contribution < -0.4 is 10.1 Å². The van der Waals surface area contributed by atoms with E-state index in [1.54, 1.807) is 42.5 Å². The number of carbonyl (C=O) groups excluding carboxylic acids is 1. The number of hydrogen-bond acceptors (Lipinski definition) is 5. The highest BCUT2D eigenvalue weighted by atomic mass is 32.2. The van der Waals surface area contributed by atoms with Crippen LogP contribution in [0.25, 0.3) is 11.1 Å². The summed E-state index contributed by atoms with van der Waals surface area (Å²) >= 11 is 0. The minimum atomic E-state index is -4.36. The molecule has 0 fully saturated rings. The first-order valence-corrected chi connectivity index (χ1v) is 9.55. The molecule has 0 aliphatic rings. The number of aliphatic carboxylic acids is 1. The lowest BCUT2D eigenvalue weighted by molar-refractivity contribution is -0.139. The molecule has 1 atom stereocenters. The predicted molar refractivity (Wildman–Crippen MR) is 98.4 cm³/mol. The van der Waals surface area contributed by atoms with Gasteiger partial charge in [0.05, 0.1) is 18.4 Å². The third-order valence-corrected chi connectivity index (χ3v) is 4.58. The van der Waals surface area contributed by atoms with Crippen molar-refractivity contribution in [3.05, 3.63) is 54.1 Å². The largest absolute Gasteiger partial charge is 0.496 e. The number of rotatable bonds is 8. The lowest BCUT2D eigenvalue weighted by Gasteiger charge is -2.18. The van der Waals surface area contributed by atoms with Crippen LogP contribution in [-0.2, 0) is 14.9 Å². The molecule has 2 aromatic carbocycles. The number of nitrogens with one attached hydrogen (secondary N) is 1. The van der Waals surface area contributed by atoms with E-state index in [1.165, 1.54) is 7.11 Å². The smallest absolute Gasteiger partial charge is 0.326 e. The number of amides is 1. The highest BCUT2D eigenvalue weighted by Gasteiger charge is 2.26. The van der Waals surface area contributed by atoms with E-state index < -0.39 is 40.2 Å². The molecule has 0 aliphatic heterocycles. The Morgan fingerprint density at radius 2 is 1.78 bits per heavy atom. The zero-order valence-electron chi connectivity index (χ0n) is 14.5. The van der Waals surface area contributed by atoms with Gasteiger partial charge in [0.15, 0.2) is 0 Å². The van der Waals surface area contributed by atoms with Gasteiger partial charge in [0.1, 0.15) is 11.8 Å². The molecule has 0 aliphatic carbocycles. The van der Waals surface area contributed by atoms with Crippen LogP contribution in [0.2, 0.25) is 0 Å². The molecule has 0 heterocycles. The molecule has 2 rings (SSSR count). The van der Waals surface area contributed by atoms with Gasteiger partial charge in [-0.05, 0) is 23.6 Å². The summed E-state index contributed by atoms with van der Waals surface area (Å²) in [5.74, 6) is -2.69. The second-order valence-corrected chi connectivity index (χ2v) is 7.26. The molecular formula is C18H19NO7S. The van der Waals surface area contributed by atoms with E-state index in [2.05, 4.69) is 5.32 Å². The first-order valence-electron chi connectivity index (χ1n) is 7.94. The molecule has 0 spiro atoms. The molecule has 9 heteroatoms. The Labute approximate surface area is 156 Å².